The van der Waals surface area contributed by atoms with E-state index in [2.05, 4.69) is 39.7 Å². The summed E-state index contributed by atoms with van der Waals surface area (Å²) in [6.45, 7) is 0. The summed E-state index contributed by atoms with van der Waals surface area (Å²) in [6, 6.07) is 8.63. The molecule has 1 aliphatic rings. The van der Waals surface area contributed by atoms with Gasteiger partial charge in [-0.3, -0.25) is 5.84 Å². The Labute approximate surface area is 107 Å². The minimum absolute atomic E-state index is 0.0737. The minimum Gasteiger partial charge on any atom is -0.347 e. The van der Waals surface area contributed by atoms with Crippen LogP contribution in [0.25, 0.3) is 0 Å². The van der Waals surface area contributed by atoms with Gasteiger partial charge in [-0.15, -0.1) is 0 Å². The third-order valence-corrected chi connectivity index (χ3v) is 3.81. The van der Waals surface area contributed by atoms with E-state index in [0.717, 1.165) is 17.3 Å². The van der Waals surface area contributed by atoms with Gasteiger partial charge in [0.05, 0.1) is 0 Å². The molecule has 4 N–H and O–H groups in total. The second-order valence-corrected chi connectivity index (χ2v) is 4.87. The number of imidazole rings is 1. The summed E-state index contributed by atoms with van der Waals surface area (Å²) in [5.41, 5.74) is 5.38. The summed E-state index contributed by atoms with van der Waals surface area (Å²) >= 11 is 0. The monoisotopic (exact) mass is 242 g/mol. The molecule has 2 aromatic rings. The van der Waals surface area contributed by atoms with Crippen LogP contribution in [0.2, 0.25) is 0 Å². The third-order valence-electron chi connectivity index (χ3n) is 3.81. The Bertz CT molecular complexity index is 485. The lowest BCUT2D eigenvalue weighted by molar-refractivity contribution is 0.419. The van der Waals surface area contributed by atoms with Gasteiger partial charge in [-0.25, -0.2) is 10.4 Å². The molecule has 0 saturated heterocycles. The summed E-state index contributed by atoms with van der Waals surface area (Å²) < 4.78 is 0. The van der Waals surface area contributed by atoms with Gasteiger partial charge >= 0.3 is 0 Å². The van der Waals surface area contributed by atoms with E-state index in [4.69, 9.17) is 5.84 Å². The number of H-pyrrole nitrogens is 1. The van der Waals surface area contributed by atoms with Gasteiger partial charge in [0, 0.05) is 12.4 Å². The fourth-order valence-electron chi connectivity index (χ4n) is 2.47. The first-order valence-electron chi connectivity index (χ1n) is 6.44. The van der Waals surface area contributed by atoms with Crippen molar-refractivity contribution in [2.45, 2.75) is 31.2 Å². The average Bonchev–Trinajstić information content (AvgIpc) is 2.84. The number of rotatable bonds is 4. The summed E-state index contributed by atoms with van der Waals surface area (Å²) in [5, 5.41) is 0. The smallest absolute Gasteiger partial charge is 0.129 e. The molecule has 4 nitrogen and oxygen atoms in total. The number of aromatic nitrogens is 2. The van der Waals surface area contributed by atoms with Crippen LogP contribution in [-0.2, 0) is 0 Å². The van der Waals surface area contributed by atoms with Crippen LogP contribution < -0.4 is 11.3 Å². The van der Waals surface area contributed by atoms with Gasteiger partial charge in [-0.2, -0.15) is 0 Å². The molecule has 0 spiro atoms. The number of hydrogen-bond acceptors (Lipinski definition) is 3. The summed E-state index contributed by atoms with van der Waals surface area (Å²) in [6.07, 6.45) is 7.57. The van der Waals surface area contributed by atoms with Crippen LogP contribution in [0.1, 0.15) is 48.2 Å². The van der Waals surface area contributed by atoms with E-state index in [-0.39, 0.29) is 6.04 Å². The minimum atomic E-state index is -0.0737. The van der Waals surface area contributed by atoms with Gasteiger partial charge in [-0.1, -0.05) is 30.7 Å². The molecule has 0 radical (unpaired) electrons. The molecule has 4 heteroatoms. The molecule has 0 aliphatic heterocycles. The standard InChI is InChI=1S/C14H18N4/c15-18-13(14-16-8-9-17-14)12-6-4-11(5-7-12)10-2-1-3-10/h4-10,13,18H,1-3,15H2,(H,16,17). The fraction of sp³-hybridized carbons (Fsp3) is 0.357. The number of aromatic amines is 1. The van der Waals surface area contributed by atoms with Crippen molar-refractivity contribution in [2.75, 3.05) is 0 Å². The van der Waals surface area contributed by atoms with Crippen molar-refractivity contribution in [1.82, 2.24) is 15.4 Å². The first-order chi connectivity index (χ1) is 8.88. The van der Waals surface area contributed by atoms with E-state index >= 15 is 0 Å². The molecule has 1 aromatic carbocycles. The van der Waals surface area contributed by atoms with Gasteiger partial charge in [0.25, 0.3) is 0 Å². The van der Waals surface area contributed by atoms with Gasteiger partial charge < -0.3 is 4.98 Å². The fourth-order valence-corrected chi connectivity index (χ4v) is 2.47. The molecule has 94 valence electrons. The lowest BCUT2D eigenvalue weighted by Crippen LogP contribution is -2.29. The second kappa shape index (κ2) is 4.92. The third kappa shape index (κ3) is 2.05. The Hall–Kier alpha value is -1.65. The van der Waals surface area contributed by atoms with Gasteiger partial charge in [0.1, 0.15) is 11.9 Å². The predicted molar refractivity (Wildman–Crippen MR) is 70.8 cm³/mol. The van der Waals surface area contributed by atoms with Gasteiger partial charge in [-0.05, 0) is 29.9 Å². The number of nitrogens with one attached hydrogen (secondary N) is 2. The highest BCUT2D eigenvalue weighted by atomic mass is 15.2. The maximum absolute atomic E-state index is 5.62. The Morgan fingerprint density at radius 3 is 2.56 bits per heavy atom. The summed E-state index contributed by atoms with van der Waals surface area (Å²) in [5.74, 6) is 7.23. The van der Waals surface area contributed by atoms with E-state index in [0.29, 0.717) is 0 Å². The quantitative estimate of drug-likeness (QED) is 0.569. The van der Waals surface area contributed by atoms with Crippen molar-refractivity contribution in [2.24, 2.45) is 5.84 Å². The van der Waals surface area contributed by atoms with Crippen molar-refractivity contribution in [3.8, 4) is 0 Å². The van der Waals surface area contributed by atoms with Gasteiger partial charge in [0.2, 0.25) is 0 Å². The van der Waals surface area contributed by atoms with Crippen LogP contribution in [0.5, 0.6) is 0 Å². The zero-order valence-corrected chi connectivity index (χ0v) is 10.3. The van der Waals surface area contributed by atoms with Crippen molar-refractivity contribution < 1.29 is 0 Å². The lowest BCUT2D eigenvalue weighted by Gasteiger charge is -2.26. The van der Waals surface area contributed by atoms with Crippen LogP contribution in [-0.4, -0.2) is 9.97 Å². The molecule has 1 atom stereocenters. The first-order valence-corrected chi connectivity index (χ1v) is 6.44. The Kier molecular flexibility index (Phi) is 3.13. The predicted octanol–water partition coefficient (Wildman–Crippen LogP) is 2.23. The first kappa shape index (κ1) is 11.4. The van der Waals surface area contributed by atoms with Crippen LogP contribution in [0.15, 0.2) is 36.7 Å². The van der Waals surface area contributed by atoms with Crippen molar-refractivity contribution >= 4 is 0 Å². The van der Waals surface area contributed by atoms with Crippen LogP contribution in [0.4, 0.5) is 0 Å². The Morgan fingerprint density at radius 2 is 2.06 bits per heavy atom. The maximum Gasteiger partial charge on any atom is 0.129 e. The molecule has 1 fully saturated rings. The SMILES string of the molecule is NNC(c1ccc(C2CCC2)cc1)c1ncc[nH]1. The molecule has 1 aromatic heterocycles. The van der Waals surface area contributed by atoms with Crippen LogP contribution in [0, 0.1) is 0 Å². The normalized spacial score (nSPS) is 17.4. The van der Waals surface area contributed by atoms with E-state index in [1.54, 1.807) is 6.20 Å². The van der Waals surface area contributed by atoms with E-state index in [1.807, 2.05) is 6.20 Å². The number of benzene rings is 1. The van der Waals surface area contributed by atoms with E-state index in [9.17, 15) is 0 Å². The number of hydrogen-bond donors (Lipinski definition) is 3. The zero-order valence-electron chi connectivity index (χ0n) is 10.3. The zero-order chi connectivity index (χ0) is 12.4. The topological polar surface area (TPSA) is 66.7 Å². The van der Waals surface area contributed by atoms with E-state index < -0.39 is 0 Å². The van der Waals surface area contributed by atoms with Crippen molar-refractivity contribution in [3.05, 3.63) is 53.6 Å². The van der Waals surface area contributed by atoms with Crippen LogP contribution in [0.3, 0.4) is 0 Å². The maximum atomic E-state index is 5.62. The number of nitrogens with two attached hydrogens (primary N) is 1. The average molecular weight is 242 g/mol. The highest BCUT2D eigenvalue weighted by molar-refractivity contribution is 5.31. The summed E-state index contributed by atoms with van der Waals surface area (Å²) in [4.78, 5) is 7.34. The lowest BCUT2D eigenvalue weighted by atomic mass is 9.80. The highest BCUT2D eigenvalue weighted by Gasteiger charge is 2.20. The molecule has 1 heterocycles. The Morgan fingerprint density at radius 1 is 1.28 bits per heavy atom. The van der Waals surface area contributed by atoms with E-state index in [1.165, 1.54) is 24.8 Å². The molecule has 0 bridgehead atoms. The molecule has 1 unspecified atom stereocenters. The summed E-state index contributed by atoms with van der Waals surface area (Å²) in [7, 11) is 0. The molecule has 1 aliphatic carbocycles. The largest absolute Gasteiger partial charge is 0.347 e. The molecular weight excluding hydrogens is 224 g/mol. The molecule has 0 amide bonds. The molecule has 3 rings (SSSR count). The van der Waals surface area contributed by atoms with Gasteiger partial charge in [0.15, 0.2) is 0 Å². The second-order valence-electron chi connectivity index (χ2n) is 4.87. The Balaban J connectivity index is 1.82. The van der Waals surface area contributed by atoms with Crippen molar-refractivity contribution in [3.63, 3.8) is 0 Å². The van der Waals surface area contributed by atoms with Crippen LogP contribution >= 0.6 is 0 Å². The molecule has 1 saturated carbocycles. The molecular formula is C14H18N4. The molecule has 18 heavy (non-hydrogen) atoms. The highest BCUT2D eigenvalue weighted by Crippen LogP contribution is 2.36. The number of nitrogens with zero attached hydrogens (tertiary/aromatic N) is 1. The number of hydrazine groups is 1. The van der Waals surface area contributed by atoms with Crippen molar-refractivity contribution in [1.29, 1.82) is 0 Å².